The van der Waals surface area contributed by atoms with Crippen LogP contribution in [0.2, 0.25) is 5.02 Å². The van der Waals surface area contributed by atoms with Crippen molar-refractivity contribution in [2.24, 2.45) is 0 Å². The van der Waals surface area contributed by atoms with Crippen LogP contribution >= 0.6 is 11.6 Å². The Labute approximate surface area is 267 Å². The molecular formula is C36H32ClNO6S. The number of aliphatic hydroxyl groups excluding tert-OH is 1. The number of carboxylic acid groups (broad SMARTS) is 1. The van der Waals surface area contributed by atoms with E-state index in [1.165, 1.54) is 24.3 Å². The Balaban J connectivity index is 1.26. The van der Waals surface area contributed by atoms with Crippen LogP contribution < -0.4 is 10.1 Å². The zero-order valence-corrected chi connectivity index (χ0v) is 25.8. The van der Waals surface area contributed by atoms with Crippen LogP contribution in [0.15, 0.2) is 137 Å². The summed E-state index contributed by atoms with van der Waals surface area (Å²) in [6, 6.07) is 35.7. The highest BCUT2D eigenvalue weighted by Crippen LogP contribution is 2.30. The first-order chi connectivity index (χ1) is 21.7. The van der Waals surface area contributed by atoms with Crippen molar-refractivity contribution in [1.29, 1.82) is 0 Å². The quantitative estimate of drug-likeness (QED) is 0.125. The molecule has 45 heavy (non-hydrogen) atoms. The van der Waals surface area contributed by atoms with E-state index in [0.717, 1.165) is 16.7 Å². The average molecular weight is 642 g/mol. The summed E-state index contributed by atoms with van der Waals surface area (Å²) in [5.41, 5.74) is 2.72. The number of hydrogen-bond acceptors (Lipinski definition) is 6. The molecule has 3 N–H and O–H groups in total. The Morgan fingerprint density at radius 1 is 0.778 bits per heavy atom. The first kappa shape index (κ1) is 31.9. The fourth-order valence-electron chi connectivity index (χ4n) is 5.02. The van der Waals surface area contributed by atoms with Crippen LogP contribution in [-0.2, 0) is 22.7 Å². The molecule has 0 aliphatic heterocycles. The summed E-state index contributed by atoms with van der Waals surface area (Å²) >= 11 is 6.18. The summed E-state index contributed by atoms with van der Waals surface area (Å²) in [5, 5.41) is 24.7. The number of carboxylic acids is 1. The molecule has 1 unspecified atom stereocenters. The van der Waals surface area contributed by atoms with Crippen LogP contribution in [0, 0.1) is 0 Å². The van der Waals surface area contributed by atoms with Crippen molar-refractivity contribution in [3.63, 3.8) is 0 Å². The van der Waals surface area contributed by atoms with Gasteiger partial charge in [0, 0.05) is 11.1 Å². The van der Waals surface area contributed by atoms with E-state index in [0.29, 0.717) is 24.4 Å². The lowest BCUT2D eigenvalue weighted by atomic mass is 9.96. The van der Waals surface area contributed by atoms with Gasteiger partial charge in [0.15, 0.2) is 0 Å². The van der Waals surface area contributed by atoms with Crippen LogP contribution in [0.25, 0.3) is 0 Å². The van der Waals surface area contributed by atoms with Crippen LogP contribution in [-0.4, -0.2) is 37.2 Å². The maximum absolute atomic E-state index is 13.4. The summed E-state index contributed by atoms with van der Waals surface area (Å²) in [6.07, 6.45) is 0.435. The molecule has 9 heteroatoms. The Kier molecular flexibility index (Phi) is 10.3. The standard InChI is InChI=1S/C36H32ClNO6S/c37-28-11-6-10-27(23-28)35(39)33(22-26-8-2-1-3-9-26)38-21-20-25-16-18-30(19-17-25)45(42,43)31-13-7-12-29(24-31)44-34-15-5-4-14-32(34)36(40)41/h1-19,23-24,33,35,38-39H,20-22H2,(H,40,41)/t33?,35-/m1/s1. The topological polar surface area (TPSA) is 113 Å². The van der Waals surface area contributed by atoms with Gasteiger partial charge < -0.3 is 20.3 Å². The Hall–Kier alpha value is -4.47. The molecule has 0 fully saturated rings. The van der Waals surface area contributed by atoms with Crippen molar-refractivity contribution in [3.8, 4) is 11.5 Å². The molecule has 0 amide bonds. The molecule has 7 nitrogen and oxygen atoms in total. The van der Waals surface area contributed by atoms with E-state index < -0.39 is 21.9 Å². The minimum atomic E-state index is -3.87. The number of ether oxygens (including phenoxy) is 1. The van der Waals surface area contributed by atoms with Crippen molar-refractivity contribution >= 4 is 27.4 Å². The van der Waals surface area contributed by atoms with Crippen molar-refractivity contribution in [3.05, 3.63) is 155 Å². The number of sulfone groups is 1. The van der Waals surface area contributed by atoms with Gasteiger partial charge in [0.25, 0.3) is 0 Å². The van der Waals surface area contributed by atoms with Crippen molar-refractivity contribution in [1.82, 2.24) is 5.32 Å². The minimum Gasteiger partial charge on any atom is -0.478 e. The highest BCUT2D eigenvalue weighted by Gasteiger charge is 2.22. The van der Waals surface area contributed by atoms with Gasteiger partial charge in [-0.25, -0.2) is 13.2 Å². The third-order valence-corrected chi connectivity index (χ3v) is 9.39. The largest absolute Gasteiger partial charge is 0.478 e. The Morgan fingerprint density at radius 2 is 1.49 bits per heavy atom. The van der Waals surface area contributed by atoms with Crippen molar-refractivity contribution in [2.45, 2.75) is 34.8 Å². The predicted octanol–water partition coefficient (Wildman–Crippen LogP) is 7.14. The number of aliphatic hydroxyl groups is 1. The van der Waals surface area contributed by atoms with Crippen molar-refractivity contribution in [2.75, 3.05) is 6.54 Å². The van der Waals surface area contributed by atoms with Crippen molar-refractivity contribution < 1.29 is 28.2 Å². The van der Waals surface area contributed by atoms with Gasteiger partial charge in [-0.3, -0.25) is 0 Å². The van der Waals surface area contributed by atoms with E-state index in [1.807, 2.05) is 42.5 Å². The second kappa shape index (κ2) is 14.5. The van der Waals surface area contributed by atoms with Gasteiger partial charge in [-0.15, -0.1) is 0 Å². The van der Waals surface area contributed by atoms with E-state index in [2.05, 4.69) is 5.32 Å². The number of rotatable bonds is 13. The summed E-state index contributed by atoms with van der Waals surface area (Å²) in [7, 11) is -3.87. The molecule has 0 saturated carbocycles. The average Bonchev–Trinajstić information content (AvgIpc) is 3.05. The number of hydrogen-bond donors (Lipinski definition) is 3. The van der Waals surface area contributed by atoms with E-state index in [9.17, 15) is 23.4 Å². The molecule has 0 saturated heterocycles. The van der Waals surface area contributed by atoms with Gasteiger partial charge in [-0.2, -0.15) is 0 Å². The van der Waals surface area contributed by atoms with Gasteiger partial charge in [0.05, 0.1) is 15.9 Å². The zero-order chi connectivity index (χ0) is 31.8. The molecule has 5 rings (SSSR count). The lowest BCUT2D eigenvalue weighted by Gasteiger charge is -2.25. The van der Waals surface area contributed by atoms with Gasteiger partial charge in [-0.05, 0) is 90.7 Å². The highest BCUT2D eigenvalue weighted by molar-refractivity contribution is 7.91. The number of carbonyl (C=O) groups is 1. The van der Waals surface area contributed by atoms with E-state index >= 15 is 0 Å². The number of benzene rings is 5. The number of nitrogens with one attached hydrogen (secondary N) is 1. The molecule has 0 aliphatic carbocycles. The summed E-state index contributed by atoms with van der Waals surface area (Å²) in [5.74, 6) is -0.824. The number of halogens is 1. The minimum absolute atomic E-state index is 0.0267. The van der Waals surface area contributed by atoms with Crippen LogP contribution in [0.1, 0.15) is 33.2 Å². The monoisotopic (exact) mass is 641 g/mol. The zero-order valence-electron chi connectivity index (χ0n) is 24.2. The first-order valence-electron chi connectivity index (χ1n) is 14.4. The molecule has 5 aromatic carbocycles. The van der Waals surface area contributed by atoms with Crippen LogP contribution in [0.3, 0.4) is 0 Å². The summed E-state index contributed by atoms with van der Waals surface area (Å²) in [4.78, 5) is 11.7. The van der Waals surface area contributed by atoms with E-state index in [1.54, 1.807) is 60.7 Å². The number of para-hydroxylation sites is 1. The predicted molar refractivity (Wildman–Crippen MR) is 174 cm³/mol. The molecular weight excluding hydrogens is 610 g/mol. The fraction of sp³-hybridized carbons (Fsp3) is 0.139. The third-order valence-electron chi connectivity index (χ3n) is 7.38. The SMILES string of the molecule is O=C(O)c1ccccc1Oc1cccc(S(=O)(=O)c2ccc(CCNC(Cc3ccccc3)[C@H](O)c3cccc(Cl)c3)cc2)c1. The Morgan fingerprint density at radius 3 is 2.22 bits per heavy atom. The summed E-state index contributed by atoms with van der Waals surface area (Å²) < 4.78 is 32.6. The van der Waals surface area contributed by atoms with E-state index in [-0.39, 0.29) is 32.9 Å². The van der Waals surface area contributed by atoms with Crippen LogP contribution in [0.4, 0.5) is 0 Å². The fourth-order valence-corrected chi connectivity index (χ4v) is 6.52. The maximum Gasteiger partial charge on any atom is 0.339 e. The molecule has 0 radical (unpaired) electrons. The van der Waals surface area contributed by atoms with Gasteiger partial charge in [0.2, 0.25) is 9.84 Å². The highest BCUT2D eigenvalue weighted by atomic mass is 35.5. The van der Waals surface area contributed by atoms with Gasteiger partial charge >= 0.3 is 5.97 Å². The number of aromatic carboxylic acids is 1. The lowest BCUT2D eigenvalue weighted by Crippen LogP contribution is -2.38. The molecule has 0 heterocycles. The lowest BCUT2D eigenvalue weighted by molar-refractivity contribution is 0.0694. The first-order valence-corrected chi connectivity index (χ1v) is 16.2. The third kappa shape index (κ3) is 8.17. The second-order valence-electron chi connectivity index (χ2n) is 10.5. The molecule has 5 aromatic rings. The summed E-state index contributed by atoms with van der Waals surface area (Å²) in [6.45, 7) is 0.554. The smallest absolute Gasteiger partial charge is 0.339 e. The normalized spacial score (nSPS) is 12.8. The molecule has 0 spiro atoms. The Bertz CT molecular complexity index is 1860. The van der Waals surface area contributed by atoms with Crippen LogP contribution in [0.5, 0.6) is 11.5 Å². The van der Waals surface area contributed by atoms with E-state index in [4.69, 9.17) is 16.3 Å². The molecule has 0 bridgehead atoms. The maximum atomic E-state index is 13.4. The second-order valence-corrected chi connectivity index (χ2v) is 12.9. The van der Waals surface area contributed by atoms with Gasteiger partial charge in [0.1, 0.15) is 17.1 Å². The van der Waals surface area contributed by atoms with Gasteiger partial charge in [-0.1, -0.05) is 84.4 Å². The molecule has 0 aliphatic rings. The molecule has 2 atom stereocenters. The molecule has 230 valence electrons. The molecule has 0 aromatic heterocycles.